The first kappa shape index (κ1) is 15.0. The smallest absolute Gasteiger partial charge is 0.327 e. The van der Waals surface area contributed by atoms with E-state index in [1.54, 1.807) is 0 Å². The summed E-state index contributed by atoms with van der Waals surface area (Å²) in [6.45, 7) is -0.416. The van der Waals surface area contributed by atoms with Gasteiger partial charge in [-0.15, -0.1) is 0 Å². The molecule has 1 heterocycles. The highest BCUT2D eigenvalue weighted by Crippen LogP contribution is 2.16. The fraction of sp³-hybridized carbons (Fsp3) is 0.167. The maximum Gasteiger partial charge on any atom is 0.347 e. The van der Waals surface area contributed by atoms with E-state index in [2.05, 4.69) is 10.2 Å². The summed E-state index contributed by atoms with van der Waals surface area (Å²) in [5.41, 5.74) is 4.00. The number of nitrogens with zero attached hydrogens (tertiary/aromatic N) is 2. The zero-order chi connectivity index (χ0) is 15.6. The SMILES string of the molecule is NCC(Cc1n[nH]c(=O)n1-c1ccc(F)c(F)c1)=C(F)F. The predicted molar refractivity (Wildman–Crippen MR) is 66.1 cm³/mol. The Bertz CT molecular complexity index is 746. The molecule has 0 bridgehead atoms. The van der Waals surface area contributed by atoms with Crippen molar-refractivity contribution in [2.45, 2.75) is 6.42 Å². The Morgan fingerprint density at radius 3 is 2.57 bits per heavy atom. The van der Waals surface area contributed by atoms with Crippen LogP contribution in [0.5, 0.6) is 0 Å². The number of nitrogens with one attached hydrogen (secondary N) is 1. The van der Waals surface area contributed by atoms with Crippen molar-refractivity contribution in [2.75, 3.05) is 6.54 Å². The van der Waals surface area contributed by atoms with Crippen LogP contribution in [-0.2, 0) is 6.42 Å². The molecule has 0 aliphatic rings. The second kappa shape index (κ2) is 5.92. The Labute approximate surface area is 115 Å². The molecule has 0 saturated heterocycles. The van der Waals surface area contributed by atoms with Crippen LogP contribution in [0.15, 0.2) is 34.6 Å². The topological polar surface area (TPSA) is 76.7 Å². The van der Waals surface area contributed by atoms with Gasteiger partial charge in [-0.2, -0.15) is 13.9 Å². The predicted octanol–water partition coefficient (Wildman–Crippen LogP) is 1.49. The van der Waals surface area contributed by atoms with E-state index in [4.69, 9.17) is 5.73 Å². The van der Waals surface area contributed by atoms with Crippen LogP contribution in [-0.4, -0.2) is 21.3 Å². The van der Waals surface area contributed by atoms with Crippen LogP contribution < -0.4 is 11.4 Å². The van der Waals surface area contributed by atoms with Gasteiger partial charge in [-0.05, 0) is 12.1 Å². The molecule has 2 aromatic rings. The molecule has 2 rings (SSSR count). The first-order valence-electron chi connectivity index (χ1n) is 5.79. The van der Waals surface area contributed by atoms with Crippen LogP contribution >= 0.6 is 0 Å². The number of hydrogen-bond acceptors (Lipinski definition) is 3. The van der Waals surface area contributed by atoms with Gasteiger partial charge in [0.25, 0.3) is 6.08 Å². The molecule has 3 N–H and O–H groups in total. The van der Waals surface area contributed by atoms with Crippen molar-refractivity contribution in [3.05, 3.63) is 57.8 Å². The van der Waals surface area contributed by atoms with Gasteiger partial charge < -0.3 is 5.73 Å². The van der Waals surface area contributed by atoms with Gasteiger partial charge in [0, 0.05) is 24.6 Å². The van der Waals surface area contributed by atoms with Gasteiger partial charge in [-0.3, -0.25) is 0 Å². The van der Waals surface area contributed by atoms with Crippen LogP contribution in [0.25, 0.3) is 5.69 Å². The quantitative estimate of drug-likeness (QED) is 0.840. The van der Waals surface area contributed by atoms with E-state index >= 15 is 0 Å². The van der Waals surface area contributed by atoms with Gasteiger partial charge in [-0.25, -0.2) is 23.2 Å². The zero-order valence-corrected chi connectivity index (χ0v) is 10.5. The molecule has 0 aliphatic carbocycles. The molecular weight excluding hydrogens is 292 g/mol. The van der Waals surface area contributed by atoms with Crippen LogP contribution in [0, 0.1) is 11.6 Å². The molecule has 0 amide bonds. The second-order valence-corrected chi connectivity index (χ2v) is 4.12. The van der Waals surface area contributed by atoms with Gasteiger partial charge in [0.2, 0.25) is 0 Å². The fourth-order valence-electron chi connectivity index (χ4n) is 1.75. The Kier molecular flexibility index (Phi) is 4.22. The lowest BCUT2D eigenvalue weighted by atomic mass is 10.2. The minimum absolute atomic E-state index is 0.0294. The normalized spacial score (nSPS) is 10.7. The number of benzene rings is 1. The lowest BCUT2D eigenvalue weighted by molar-refractivity contribution is 0.407. The summed E-state index contributed by atoms with van der Waals surface area (Å²) < 4.78 is 52.2. The van der Waals surface area contributed by atoms with E-state index in [0.717, 1.165) is 22.8 Å². The number of halogens is 4. The van der Waals surface area contributed by atoms with E-state index in [9.17, 15) is 22.4 Å². The van der Waals surface area contributed by atoms with Gasteiger partial charge in [0.15, 0.2) is 11.6 Å². The van der Waals surface area contributed by atoms with Crippen molar-refractivity contribution in [2.24, 2.45) is 5.73 Å². The molecule has 0 spiro atoms. The average molecular weight is 302 g/mol. The monoisotopic (exact) mass is 302 g/mol. The van der Waals surface area contributed by atoms with Gasteiger partial charge in [0.05, 0.1) is 5.69 Å². The third-order valence-corrected chi connectivity index (χ3v) is 2.79. The largest absolute Gasteiger partial charge is 0.347 e. The molecule has 0 saturated carbocycles. The minimum Gasteiger partial charge on any atom is -0.327 e. The summed E-state index contributed by atoms with van der Waals surface area (Å²) in [6, 6.07) is 2.73. The molecule has 1 aromatic heterocycles. The molecule has 0 unspecified atom stereocenters. The van der Waals surface area contributed by atoms with E-state index in [-0.39, 0.29) is 11.5 Å². The molecule has 0 radical (unpaired) electrons. The molecule has 9 heteroatoms. The summed E-state index contributed by atoms with van der Waals surface area (Å²) in [5, 5.41) is 5.67. The zero-order valence-electron chi connectivity index (χ0n) is 10.5. The number of nitrogens with two attached hydrogens (primary N) is 1. The lowest BCUT2D eigenvalue weighted by Gasteiger charge is -2.07. The summed E-state index contributed by atoms with van der Waals surface area (Å²) in [4.78, 5) is 11.7. The highest BCUT2D eigenvalue weighted by Gasteiger charge is 2.15. The molecule has 1 aromatic carbocycles. The first-order valence-corrected chi connectivity index (χ1v) is 5.79. The minimum atomic E-state index is -1.97. The van der Waals surface area contributed by atoms with Gasteiger partial charge >= 0.3 is 5.69 Å². The first-order chi connectivity index (χ1) is 9.93. The molecule has 0 atom stereocenters. The summed E-state index contributed by atoms with van der Waals surface area (Å²) >= 11 is 0. The molecule has 112 valence electrons. The molecule has 21 heavy (non-hydrogen) atoms. The van der Waals surface area contributed by atoms with Gasteiger partial charge in [0.1, 0.15) is 5.82 Å². The molecular formula is C12H10F4N4O. The number of aromatic amines is 1. The Morgan fingerprint density at radius 1 is 1.29 bits per heavy atom. The highest BCUT2D eigenvalue weighted by atomic mass is 19.3. The molecule has 0 aliphatic heterocycles. The Balaban J connectivity index is 2.50. The standard InChI is InChI=1S/C12H10F4N4O/c13-8-2-1-7(4-9(8)14)20-10(18-19-12(20)21)3-6(5-17)11(15)16/h1-2,4H,3,5,17H2,(H,19,21). The van der Waals surface area contributed by atoms with Crippen LogP contribution in [0.4, 0.5) is 17.6 Å². The van der Waals surface area contributed by atoms with Crippen LogP contribution in [0.2, 0.25) is 0 Å². The van der Waals surface area contributed by atoms with E-state index < -0.39 is 41.9 Å². The van der Waals surface area contributed by atoms with Crippen molar-refractivity contribution >= 4 is 0 Å². The number of rotatable bonds is 4. The van der Waals surface area contributed by atoms with E-state index in [1.807, 2.05) is 0 Å². The summed E-state index contributed by atoms with van der Waals surface area (Å²) in [6.07, 6.45) is -2.36. The molecule has 0 fully saturated rings. The molecule has 5 nitrogen and oxygen atoms in total. The van der Waals surface area contributed by atoms with E-state index in [0.29, 0.717) is 0 Å². The van der Waals surface area contributed by atoms with Crippen LogP contribution in [0.1, 0.15) is 5.82 Å². The fourth-order valence-corrected chi connectivity index (χ4v) is 1.75. The Morgan fingerprint density at radius 2 is 2.00 bits per heavy atom. The Hall–Kier alpha value is -2.42. The van der Waals surface area contributed by atoms with Crippen molar-refractivity contribution in [1.29, 1.82) is 0 Å². The van der Waals surface area contributed by atoms with Crippen molar-refractivity contribution in [3.63, 3.8) is 0 Å². The lowest BCUT2D eigenvalue weighted by Crippen LogP contribution is -2.18. The second-order valence-electron chi connectivity index (χ2n) is 4.12. The van der Waals surface area contributed by atoms with Crippen molar-refractivity contribution in [3.8, 4) is 5.69 Å². The van der Waals surface area contributed by atoms with E-state index in [1.165, 1.54) is 0 Å². The number of H-pyrrole nitrogens is 1. The maximum absolute atomic E-state index is 13.2. The highest BCUT2D eigenvalue weighted by molar-refractivity contribution is 5.34. The van der Waals surface area contributed by atoms with Crippen molar-refractivity contribution < 1.29 is 17.6 Å². The third-order valence-electron chi connectivity index (χ3n) is 2.79. The number of hydrogen-bond donors (Lipinski definition) is 2. The maximum atomic E-state index is 13.2. The summed E-state index contributed by atoms with van der Waals surface area (Å²) in [5.74, 6) is -2.34. The summed E-state index contributed by atoms with van der Waals surface area (Å²) in [7, 11) is 0. The number of aromatic nitrogens is 3. The van der Waals surface area contributed by atoms with Crippen molar-refractivity contribution in [1.82, 2.24) is 14.8 Å². The third kappa shape index (κ3) is 3.02. The van der Waals surface area contributed by atoms with Gasteiger partial charge in [-0.1, -0.05) is 0 Å². The van der Waals surface area contributed by atoms with Crippen LogP contribution in [0.3, 0.4) is 0 Å². The average Bonchev–Trinajstić information content (AvgIpc) is 2.80.